The topological polar surface area (TPSA) is 75.3 Å². The molecule has 0 bridgehead atoms. The molecule has 0 aliphatic carbocycles. The number of hydrogen-bond acceptors (Lipinski definition) is 3. The Kier molecular flexibility index (Phi) is 3.12. The molecule has 1 heterocycles. The Balaban J connectivity index is 3.11. The van der Waals surface area contributed by atoms with Crippen molar-refractivity contribution in [3.63, 3.8) is 0 Å². The fourth-order valence-corrected chi connectivity index (χ4v) is 2.03. The number of barbiturate groups is 1. The van der Waals surface area contributed by atoms with Crippen molar-refractivity contribution < 1.29 is 14.4 Å². The minimum Gasteiger partial charge on any atom is -0.277 e. The summed E-state index contributed by atoms with van der Waals surface area (Å²) in [4.78, 5) is 34.5. The normalized spacial score (nSPS) is 21.9. The van der Waals surface area contributed by atoms with Gasteiger partial charge in [0.15, 0.2) is 0 Å². The third kappa shape index (κ3) is 1.62. The zero-order valence-electron chi connectivity index (χ0n) is 9.22. The molecule has 4 amide bonds. The minimum absolute atomic E-state index is 0.0874. The van der Waals surface area contributed by atoms with Crippen LogP contribution in [0.25, 0.3) is 0 Å². The highest BCUT2D eigenvalue weighted by Crippen LogP contribution is 2.35. The molecule has 1 saturated heterocycles. The van der Waals surface area contributed by atoms with Crippen LogP contribution in [-0.4, -0.2) is 17.8 Å². The maximum absolute atomic E-state index is 11.8. The van der Waals surface area contributed by atoms with E-state index in [0.717, 1.165) is 0 Å². The molecular weight excluding hydrogens is 196 g/mol. The van der Waals surface area contributed by atoms with Gasteiger partial charge in [-0.1, -0.05) is 27.2 Å². The number of rotatable bonds is 3. The van der Waals surface area contributed by atoms with E-state index in [1.807, 2.05) is 13.8 Å². The van der Waals surface area contributed by atoms with Gasteiger partial charge < -0.3 is 0 Å². The summed E-state index contributed by atoms with van der Waals surface area (Å²) in [6.07, 6.45) is 1.11. The Labute approximate surface area is 88.6 Å². The van der Waals surface area contributed by atoms with Crippen molar-refractivity contribution in [1.82, 2.24) is 10.6 Å². The highest BCUT2D eigenvalue weighted by Gasteiger charge is 2.51. The average molecular weight is 212 g/mol. The molecule has 84 valence electrons. The first-order valence-corrected chi connectivity index (χ1v) is 5.15. The first kappa shape index (κ1) is 11.7. The number of urea groups is 1. The molecule has 1 rings (SSSR count). The minimum atomic E-state index is -1.09. The van der Waals surface area contributed by atoms with E-state index in [2.05, 4.69) is 10.6 Å². The Bertz CT molecular complexity index is 292. The Morgan fingerprint density at radius 3 is 1.93 bits per heavy atom. The van der Waals surface area contributed by atoms with Gasteiger partial charge in [0.2, 0.25) is 11.8 Å². The van der Waals surface area contributed by atoms with Gasteiger partial charge in [0.1, 0.15) is 5.41 Å². The molecule has 1 aliphatic heterocycles. The van der Waals surface area contributed by atoms with E-state index >= 15 is 0 Å². The molecule has 0 aromatic rings. The summed E-state index contributed by atoms with van der Waals surface area (Å²) in [5, 5.41) is 4.31. The van der Waals surface area contributed by atoms with Crippen molar-refractivity contribution in [3.8, 4) is 0 Å². The maximum atomic E-state index is 11.8. The highest BCUT2D eigenvalue weighted by atomic mass is 16.2. The number of carbonyl (C=O) groups excluding carboxylic acids is 3. The van der Waals surface area contributed by atoms with Crippen LogP contribution < -0.4 is 10.6 Å². The smallest absolute Gasteiger partial charge is 0.277 e. The summed E-state index contributed by atoms with van der Waals surface area (Å²) in [7, 11) is 0. The van der Waals surface area contributed by atoms with Gasteiger partial charge in [-0.05, 0) is 12.3 Å². The fourth-order valence-electron chi connectivity index (χ4n) is 2.03. The van der Waals surface area contributed by atoms with E-state index < -0.39 is 23.3 Å². The van der Waals surface area contributed by atoms with E-state index in [0.29, 0.717) is 12.8 Å². The molecule has 0 radical (unpaired) electrons. The Morgan fingerprint density at radius 2 is 1.60 bits per heavy atom. The summed E-state index contributed by atoms with van der Waals surface area (Å²) in [5.41, 5.74) is -1.09. The fraction of sp³-hybridized carbons (Fsp3) is 0.700. The lowest BCUT2D eigenvalue weighted by Gasteiger charge is -2.37. The number of imide groups is 2. The van der Waals surface area contributed by atoms with Crippen LogP contribution in [0.4, 0.5) is 4.79 Å². The van der Waals surface area contributed by atoms with E-state index in [1.165, 1.54) is 0 Å². The van der Waals surface area contributed by atoms with Crippen LogP contribution in [-0.2, 0) is 9.59 Å². The third-order valence-corrected chi connectivity index (χ3v) is 3.28. The van der Waals surface area contributed by atoms with Crippen LogP contribution in [0.5, 0.6) is 0 Å². The average Bonchev–Trinajstić information content (AvgIpc) is 2.17. The van der Waals surface area contributed by atoms with E-state index in [1.54, 1.807) is 6.92 Å². The third-order valence-electron chi connectivity index (χ3n) is 3.28. The van der Waals surface area contributed by atoms with Crippen molar-refractivity contribution in [2.45, 2.75) is 33.6 Å². The molecule has 0 saturated carbocycles. The molecule has 0 unspecified atom stereocenters. The first-order chi connectivity index (χ1) is 6.98. The zero-order valence-corrected chi connectivity index (χ0v) is 9.22. The molecule has 0 aromatic carbocycles. The van der Waals surface area contributed by atoms with Gasteiger partial charge in [-0.3, -0.25) is 20.2 Å². The second kappa shape index (κ2) is 4.00. The van der Waals surface area contributed by atoms with E-state index in [9.17, 15) is 14.4 Å². The standard InChI is InChI=1S/C10H16N2O3/c1-4-6(3)10(5-2)7(13)11-9(15)12-8(10)14/h6H,4-5H2,1-3H3,(H2,11,12,13,14,15)/t6-/m0/s1. The van der Waals surface area contributed by atoms with Gasteiger partial charge in [-0.25, -0.2) is 4.79 Å². The van der Waals surface area contributed by atoms with Gasteiger partial charge in [0.25, 0.3) is 0 Å². The number of amides is 4. The predicted octanol–water partition coefficient (Wildman–Crippen LogP) is 0.795. The molecule has 1 fully saturated rings. The van der Waals surface area contributed by atoms with Gasteiger partial charge in [0.05, 0.1) is 0 Å². The molecule has 0 spiro atoms. The van der Waals surface area contributed by atoms with Crippen molar-refractivity contribution >= 4 is 17.8 Å². The van der Waals surface area contributed by atoms with Gasteiger partial charge >= 0.3 is 6.03 Å². The molecule has 0 aromatic heterocycles. The van der Waals surface area contributed by atoms with Crippen LogP contribution in [0, 0.1) is 11.3 Å². The summed E-state index contributed by atoms with van der Waals surface area (Å²) in [5.74, 6) is -1.04. The molecule has 2 N–H and O–H groups in total. The molecule has 5 nitrogen and oxygen atoms in total. The van der Waals surface area contributed by atoms with Crippen LogP contribution in [0.3, 0.4) is 0 Å². The molecular formula is C10H16N2O3. The molecule has 1 atom stereocenters. The van der Waals surface area contributed by atoms with Gasteiger partial charge in [-0.15, -0.1) is 0 Å². The van der Waals surface area contributed by atoms with Gasteiger partial charge in [0, 0.05) is 0 Å². The lowest BCUT2D eigenvalue weighted by molar-refractivity contribution is -0.148. The van der Waals surface area contributed by atoms with E-state index in [-0.39, 0.29) is 5.92 Å². The predicted molar refractivity (Wildman–Crippen MR) is 53.9 cm³/mol. The van der Waals surface area contributed by atoms with Crippen LogP contribution in [0.2, 0.25) is 0 Å². The van der Waals surface area contributed by atoms with E-state index in [4.69, 9.17) is 0 Å². The van der Waals surface area contributed by atoms with Crippen molar-refractivity contribution in [2.24, 2.45) is 11.3 Å². The van der Waals surface area contributed by atoms with Crippen molar-refractivity contribution in [2.75, 3.05) is 0 Å². The first-order valence-electron chi connectivity index (χ1n) is 5.15. The summed E-state index contributed by atoms with van der Waals surface area (Å²) in [6.45, 7) is 5.54. The highest BCUT2D eigenvalue weighted by molar-refractivity contribution is 6.19. The zero-order chi connectivity index (χ0) is 11.6. The number of hydrogen-bond donors (Lipinski definition) is 2. The second-order valence-electron chi connectivity index (χ2n) is 3.87. The summed E-state index contributed by atoms with van der Waals surface area (Å²) < 4.78 is 0. The summed E-state index contributed by atoms with van der Waals surface area (Å²) in [6, 6.07) is -0.725. The lowest BCUT2D eigenvalue weighted by Crippen LogP contribution is -2.64. The van der Waals surface area contributed by atoms with Crippen molar-refractivity contribution in [3.05, 3.63) is 0 Å². The quantitative estimate of drug-likeness (QED) is 0.679. The van der Waals surface area contributed by atoms with Crippen molar-refractivity contribution in [1.29, 1.82) is 0 Å². The maximum Gasteiger partial charge on any atom is 0.328 e. The lowest BCUT2D eigenvalue weighted by atomic mass is 9.70. The molecule has 1 aliphatic rings. The van der Waals surface area contributed by atoms with Crippen LogP contribution in [0.1, 0.15) is 33.6 Å². The number of carbonyl (C=O) groups is 3. The largest absolute Gasteiger partial charge is 0.328 e. The second-order valence-corrected chi connectivity index (χ2v) is 3.87. The molecule has 5 heteroatoms. The SMILES string of the molecule is CC[C@H](C)C1(CC)C(=O)NC(=O)NC1=O. The monoisotopic (exact) mass is 212 g/mol. The summed E-state index contributed by atoms with van der Waals surface area (Å²) >= 11 is 0. The Hall–Kier alpha value is -1.39. The Morgan fingerprint density at radius 1 is 1.13 bits per heavy atom. The van der Waals surface area contributed by atoms with Crippen LogP contribution >= 0.6 is 0 Å². The number of nitrogens with one attached hydrogen (secondary N) is 2. The molecule has 15 heavy (non-hydrogen) atoms. The van der Waals surface area contributed by atoms with Gasteiger partial charge in [-0.2, -0.15) is 0 Å². The van der Waals surface area contributed by atoms with Crippen LogP contribution in [0.15, 0.2) is 0 Å².